The number of anilines is 12. The number of rotatable bonds is 9. The summed E-state index contributed by atoms with van der Waals surface area (Å²) in [4.78, 5) is 10.0. The molecule has 11 aromatic carbocycles. The first-order valence-electron chi connectivity index (χ1n) is 28.8. The van der Waals surface area contributed by atoms with E-state index in [0.29, 0.717) is 0 Å². The molecule has 5 nitrogen and oxygen atoms in total. The molecule has 0 radical (unpaired) electrons. The summed E-state index contributed by atoms with van der Waals surface area (Å²) in [6.45, 7) is 18.3. The van der Waals surface area contributed by atoms with Crippen LogP contribution in [0.5, 0.6) is 0 Å². The van der Waals surface area contributed by atoms with Crippen molar-refractivity contribution in [3.63, 3.8) is 0 Å². The largest absolute Gasteiger partial charge is 0.456 e. The number of aryl methyl sites for hydroxylation is 2. The fourth-order valence-corrected chi connectivity index (χ4v) is 12.8. The predicted octanol–water partition coefficient (Wildman–Crippen LogP) is 19.5. The van der Waals surface area contributed by atoms with E-state index in [9.17, 15) is 0 Å². The molecule has 1 aromatic heterocycles. The number of furan rings is 1. The van der Waals surface area contributed by atoms with Crippen LogP contribution >= 0.6 is 0 Å². The van der Waals surface area contributed by atoms with Gasteiger partial charge < -0.3 is 24.0 Å². The number of nitrogens with zero attached hydrogens (tertiary/aromatic N) is 4. The molecule has 0 N–H and O–H groups in total. The summed E-state index contributed by atoms with van der Waals surface area (Å²) in [5, 5.41) is 3.40. The summed E-state index contributed by atoms with van der Waals surface area (Å²) in [5.41, 5.74) is 24.1. The van der Waals surface area contributed by atoms with E-state index in [4.69, 9.17) is 4.42 Å². The monoisotopic (exact) mass is 1060 g/mol. The van der Waals surface area contributed by atoms with Gasteiger partial charge in [0.1, 0.15) is 11.3 Å². The van der Waals surface area contributed by atoms with Crippen LogP contribution in [-0.4, -0.2) is 6.71 Å². The van der Waals surface area contributed by atoms with E-state index in [1.54, 1.807) is 0 Å². The molecule has 0 spiro atoms. The summed E-state index contributed by atoms with van der Waals surface area (Å²) in [6, 6.07) is 91.9. The van der Waals surface area contributed by atoms with E-state index in [1.807, 2.05) is 12.1 Å². The molecule has 0 aliphatic carbocycles. The Morgan fingerprint density at radius 2 is 0.902 bits per heavy atom. The Morgan fingerprint density at radius 1 is 0.366 bits per heavy atom. The third kappa shape index (κ3) is 8.73. The van der Waals surface area contributed by atoms with Crippen LogP contribution in [-0.2, 0) is 10.8 Å². The van der Waals surface area contributed by atoms with Gasteiger partial charge in [-0.1, -0.05) is 181 Å². The van der Waals surface area contributed by atoms with Crippen molar-refractivity contribution in [2.75, 3.05) is 19.6 Å². The SMILES string of the molecule is Cc1cccc(C)c1N1c2cc(N(c3ccccc3)c3ccc4cc(-c5cc6ccccc6o5)ccc4c3)ccc2B2c3cc(C(C)(C)C)ccc3N(c3ccc(C(C)(C)C)cc3)c3cc(N(c4ccccc4)c4ccccc4)cc1c32. The molecular weight excluding hydrogens is 996 g/mol. The number of benzene rings is 11. The smallest absolute Gasteiger partial charge is 0.252 e. The second kappa shape index (κ2) is 19.6. The van der Waals surface area contributed by atoms with Crippen molar-refractivity contribution in [1.29, 1.82) is 0 Å². The van der Waals surface area contributed by atoms with Crippen molar-refractivity contribution >= 4 is 113 Å². The van der Waals surface area contributed by atoms with Gasteiger partial charge in [0, 0.05) is 67.8 Å². The molecule has 3 heterocycles. The molecule has 2 aliphatic rings. The minimum atomic E-state index is -0.111. The molecule has 0 amide bonds. The van der Waals surface area contributed by atoms with E-state index < -0.39 is 0 Å². The maximum atomic E-state index is 6.35. The van der Waals surface area contributed by atoms with Crippen molar-refractivity contribution in [3.05, 3.63) is 271 Å². The minimum Gasteiger partial charge on any atom is -0.456 e. The highest BCUT2D eigenvalue weighted by Crippen LogP contribution is 2.51. The Morgan fingerprint density at radius 3 is 1.54 bits per heavy atom. The maximum absolute atomic E-state index is 6.35. The molecule has 14 rings (SSSR count). The number of fused-ring (bicyclic) bond motifs is 6. The lowest BCUT2D eigenvalue weighted by atomic mass is 9.33. The highest BCUT2D eigenvalue weighted by Gasteiger charge is 2.45. The zero-order valence-electron chi connectivity index (χ0n) is 47.9. The molecule has 0 saturated heterocycles. The topological polar surface area (TPSA) is 26.1 Å². The van der Waals surface area contributed by atoms with Gasteiger partial charge in [0.05, 0.1) is 11.4 Å². The number of hydrogen-bond acceptors (Lipinski definition) is 5. The fourth-order valence-electron chi connectivity index (χ4n) is 12.8. The van der Waals surface area contributed by atoms with Crippen LogP contribution in [0.2, 0.25) is 0 Å². The van der Waals surface area contributed by atoms with Crippen LogP contribution in [0.1, 0.15) is 63.8 Å². The lowest BCUT2D eigenvalue weighted by molar-refractivity contribution is 0.590. The van der Waals surface area contributed by atoms with Crippen LogP contribution in [0.4, 0.5) is 68.2 Å². The van der Waals surface area contributed by atoms with Crippen LogP contribution in [0.3, 0.4) is 0 Å². The van der Waals surface area contributed by atoms with Gasteiger partial charge in [-0.15, -0.1) is 0 Å². The summed E-state index contributed by atoms with van der Waals surface area (Å²) < 4.78 is 6.35. The standard InChI is InChI=1S/C76H65BN4O/c1-50-21-20-22-51(2)74(50)81-68-47-63(79(60-28-16-11-17-29-60)62-37-33-52-43-55(32-31-53(52)44-62)72-45-54-23-18-19-30-71(54)82-72)40-41-65(68)77-66-46-57(76(6,7)8)36-42-67(66)80(61-38-34-56(35-39-61)75(3,4)5)69-48-64(49-70(81)73(69)77)78(58-24-12-9-13-25-58)59-26-14-10-15-27-59/h9-49H,1-8H3. The molecule has 0 fully saturated rings. The Bertz CT molecular complexity index is 4310. The molecule has 6 heteroatoms. The van der Waals surface area contributed by atoms with Crippen molar-refractivity contribution in [1.82, 2.24) is 0 Å². The Kier molecular flexibility index (Phi) is 12.1. The number of hydrogen-bond donors (Lipinski definition) is 0. The Balaban J connectivity index is 1.04. The molecular formula is C76H65BN4O. The normalized spacial score (nSPS) is 12.8. The van der Waals surface area contributed by atoms with Crippen LogP contribution in [0.15, 0.2) is 253 Å². The summed E-state index contributed by atoms with van der Waals surface area (Å²) in [7, 11) is 0. The van der Waals surface area contributed by atoms with Crippen molar-refractivity contribution in [2.45, 2.75) is 66.2 Å². The molecule has 0 unspecified atom stereocenters. The van der Waals surface area contributed by atoms with Gasteiger partial charge in [-0.05, 0) is 183 Å². The maximum Gasteiger partial charge on any atom is 0.252 e. The molecule has 2 aliphatic heterocycles. The summed E-state index contributed by atoms with van der Waals surface area (Å²) in [6.07, 6.45) is 0. The second-order valence-electron chi connectivity index (χ2n) is 24.4. The van der Waals surface area contributed by atoms with Gasteiger partial charge in [-0.2, -0.15) is 0 Å². The molecule has 0 saturated carbocycles. The van der Waals surface area contributed by atoms with Crippen LogP contribution < -0.4 is 36.0 Å². The first kappa shape index (κ1) is 50.7. The van der Waals surface area contributed by atoms with Crippen LogP contribution in [0, 0.1) is 13.8 Å². The average Bonchev–Trinajstić information content (AvgIpc) is 2.16. The van der Waals surface area contributed by atoms with Crippen LogP contribution in [0.25, 0.3) is 33.1 Å². The van der Waals surface area contributed by atoms with E-state index in [1.165, 1.54) is 50.0 Å². The molecule has 398 valence electrons. The second-order valence-corrected chi connectivity index (χ2v) is 24.4. The van der Waals surface area contributed by atoms with Gasteiger partial charge >= 0.3 is 0 Å². The Hall–Kier alpha value is -9.52. The highest BCUT2D eigenvalue weighted by molar-refractivity contribution is 7.00. The molecule has 82 heavy (non-hydrogen) atoms. The van der Waals surface area contributed by atoms with Crippen molar-refractivity contribution in [2.24, 2.45) is 0 Å². The molecule has 0 atom stereocenters. The number of para-hydroxylation sites is 5. The zero-order chi connectivity index (χ0) is 56.0. The van der Waals surface area contributed by atoms with Gasteiger partial charge in [0.25, 0.3) is 6.71 Å². The molecule has 0 bridgehead atoms. The molecule has 12 aromatic rings. The summed E-state index contributed by atoms with van der Waals surface area (Å²) >= 11 is 0. The highest BCUT2D eigenvalue weighted by atomic mass is 16.3. The van der Waals surface area contributed by atoms with Gasteiger partial charge in [0.2, 0.25) is 0 Å². The average molecular weight is 1060 g/mol. The van der Waals surface area contributed by atoms with Gasteiger partial charge in [-0.3, -0.25) is 0 Å². The third-order valence-corrected chi connectivity index (χ3v) is 16.9. The van der Waals surface area contributed by atoms with Crippen molar-refractivity contribution in [3.8, 4) is 11.3 Å². The van der Waals surface area contributed by atoms with E-state index in [2.05, 4.69) is 312 Å². The fraction of sp³-hybridized carbons (Fsp3) is 0.132. The summed E-state index contributed by atoms with van der Waals surface area (Å²) in [5.74, 6) is 0.868. The van der Waals surface area contributed by atoms with E-state index in [0.717, 1.165) is 89.9 Å². The Labute approximate surface area is 483 Å². The first-order valence-corrected chi connectivity index (χ1v) is 28.8. The van der Waals surface area contributed by atoms with E-state index >= 15 is 0 Å². The first-order chi connectivity index (χ1) is 39.7. The zero-order valence-corrected chi connectivity index (χ0v) is 47.9. The lowest BCUT2D eigenvalue weighted by Gasteiger charge is -2.46. The lowest BCUT2D eigenvalue weighted by Crippen LogP contribution is -2.61. The minimum absolute atomic E-state index is 0.00411. The predicted molar refractivity (Wildman–Crippen MR) is 349 cm³/mol. The van der Waals surface area contributed by atoms with E-state index in [-0.39, 0.29) is 17.5 Å². The van der Waals surface area contributed by atoms with Gasteiger partial charge in [0.15, 0.2) is 0 Å². The quantitative estimate of drug-likeness (QED) is 0.134. The van der Waals surface area contributed by atoms with Crippen molar-refractivity contribution < 1.29 is 4.42 Å². The third-order valence-electron chi connectivity index (χ3n) is 16.9. The van der Waals surface area contributed by atoms with Gasteiger partial charge in [-0.25, -0.2) is 0 Å².